The predicted molar refractivity (Wildman–Crippen MR) is 59.5 cm³/mol. The Morgan fingerprint density at radius 1 is 1.18 bits per heavy atom. The molecule has 0 saturated heterocycles. The zero-order valence-corrected chi connectivity index (χ0v) is 9.32. The zero-order chi connectivity index (χ0) is 12.3. The van der Waals surface area contributed by atoms with E-state index >= 15 is 0 Å². The van der Waals surface area contributed by atoms with Crippen molar-refractivity contribution in [3.05, 3.63) is 48.0 Å². The Kier molecular flexibility index (Phi) is 3.34. The lowest BCUT2D eigenvalue weighted by Crippen LogP contribution is -2.00. The first-order valence-corrected chi connectivity index (χ1v) is 5.47. The first-order valence-electron chi connectivity index (χ1n) is 4.65. The highest BCUT2D eigenvalue weighted by molar-refractivity contribution is 7.99. The summed E-state index contributed by atoms with van der Waals surface area (Å²) in [6.07, 6.45) is 2.89. The zero-order valence-electron chi connectivity index (χ0n) is 8.50. The summed E-state index contributed by atoms with van der Waals surface area (Å²) in [7, 11) is 0. The van der Waals surface area contributed by atoms with Gasteiger partial charge >= 0.3 is 5.97 Å². The molecule has 4 nitrogen and oxygen atoms in total. The fourth-order valence-electron chi connectivity index (χ4n) is 1.17. The van der Waals surface area contributed by atoms with Crippen molar-refractivity contribution in [3.8, 4) is 0 Å². The van der Waals surface area contributed by atoms with E-state index in [2.05, 4.69) is 9.97 Å². The lowest BCUT2D eigenvalue weighted by molar-refractivity contribution is 0.0692. The molecule has 1 N–H and O–H groups in total. The molecule has 0 bridgehead atoms. The molecule has 86 valence electrons. The smallest absolute Gasteiger partial charge is 0.338 e. The third-order valence-corrected chi connectivity index (χ3v) is 2.93. The Balaban J connectivity index is 2.37. The van der Waals surface area contributed by atoms with E-state index in [1.165, 1.54) is 36.7 Å². The molecule has 0 unspecified atom stereocenters. The number of aromatic carboxylic acids is 1. The Labute approximate surface area is 101 Å². The van der Waals surface area contributed by atoms with Gasteiger partial charge in [0.05, 0.1) is 5.56 Å². The number of pyridine rings is 2. The van der Waals surface area contributed by atoms with Crippen molar-refractivity contribution >= 4 is 17.7 Å². The van der Waals surface area contributed by atoms with E-state index in [0.29, 0.717) is 0 Å². The van der Waals surface area contributed by atoms with Gasteiger partial charge in [0.15, 0.2) is 5.82 Å². The molecule has 2 aromatic rings. The third-order valence-electron chi connectivity index (χ3n) is 1.92. The van der Waals surface area contributed by atoms with Gasteiger partial charge in [-0.15, -0.1) is 0 Å². The van der Waals surface area contributed by atoms with Crippen molar-refractivity contribution in [3.63, 3.8) is 0 Å². The molecule has 0 amide bonds. The number of carboxylic acid groups (broad SMARTS) is 1. The van der Waals surface area contributed by atoms with Crippen LogP contribution in [-0.4, -0.2) is 21.0 Å². The number of carboxylic acids is 1. The molecule has 0 radical (unpaired) electrons. The highest BCUT2D eigenvalue weighted by atomic mass is 32.2. The van der Waals surface area contributed by atoms with E-state index in [1.54, 1.807) is 0 Å². The fourth-order valence-corrected chi connectivity index (χ4v) is 2.01. The maximum atomic E-state index is 13.3. The van der Waals surface area contributed by atoms with Gasteiger partial charge in [-0.25, -0.2) is 19.2 Å². The SMILES string of the molecule is O=C(O)c1cccnc1Sc1ncccc1F. The monoisotopic (exact) mass is 250 g/mol. The van der Waals surface area contributed by atoms with Gasteiger partial charge in [-0.1, -0.05) is 0 Å². The van der Waals surface area contributed by atoms with Gasteiger partial charge in [0.25, 0.3) is 0 Å². The summed E-state index contributed by atoms with van der Waals surface area (Å²) < 4.78 is 13.3. The number of carbonyl (C=O) groups is 1. The lowest BCUT2D eigenvalue weighted by Gasteiger charge is -2.03. The van der Waals surface area contributed by atoms with E-state index in [9.17, 15) is 9.18 Å². The van der Waals surface area contributed by atoms with Crippen LogP contribution in [0.25, 0.3) is 0 Å². The molecule has 0 atom stereocenters. The number of hydrogen-bond acceptors (Lipinski definition) is 4. The van der Waals surface area contributed by atoms with Crippen LogP contribution in [0.1, 0.15) is 10.4 Å². The minimum absolute atomic E-state index is 0.0301. The molecule has 0 aliphatic heterocycles. The molecule has 17 heavy (non-hydrogen) atoms. The van der Waals surface area contributed by atoms with Crippen LogP contribution < -0.4 is 0 Å². The Morgan fingerprint density at radius 3 is 2.47 bits per heavy atom. The average Bonchev–Trinajstić information content (AvgIpc) is 2.32. The van der Waals surface area contributed by atoms with E-state index in [1.807, 2.05) is 0 Å². The third kappa shape index (κ3) is 2.59. The van der Waals surface area contributed by atoms with Crippen molar-refractivity contribution in [1.29, 1.82) is 0 Å². The Bertz CT molecular complexity index is 563. The molecule has 6 heteroatoms. The number of nitrogens with zero attached hydrogens (tertiary/aromatic N) is 2. The summed E-state index contributed by atoms with van der Waals surface area (Å²) in [6, 6.07) is 5.66. The Hall–Kier alpha value is -1.95. The van der Waals surface area contributed by atoms with Crippen LogP contribution in [0.5, 0.6) is 0 Å². The van der Waals surface area contributed by atoms with Crippen molar-refractivity contribution in [2.45, 2.75) is 10.1 Å². The van der Waals surface area contributed by atoms with Crippen LogP contribution in [-0.2, 0) is 0 Å². The normalized spacial score (nSPS) is 10.2. The standard InChI is InChI=1S/C11H7FN2O2S/c12-8-4-2-6-14-10(8)17-9-7(11(15)16)3-1-5-13-9/h1-6H,(H,15,16). The van der Waals surface area contributed by atoms with Gasteiger partial charge in [0.2, 0.25) is 0 Å². The molecule has 0 aliphatic rings. The van der Waals surface area contributed by atoms with Crippen molar-refractivity contribution in [1.82, 2.24) is 9.97 Å². The summed E-state index contributed by atoms with van der Waals surface area (Å²) in [5, 5.41) is 9.27. The van der Waals surface area contributed by atoms with Gasteiger partial charge in [0, 0.05) is 12.4 Å². The largest absolute Gasteiger partial charge is 0.478 e. The highest BCUT2D eigenvalue weighted by Gasteiger charge is 2.14. The Morgan fingerprint density at radius 2 is 1.82 bits per heavy atom. The molecule has 0 saturated carbocycles. The molecule has 0 fully saturated rings. The van der Waals surface area contributed by atoms with Crippen LogP contribution in [0.15, 0.2) is 46.7 Å². The minimum atomic E-state index is -1.10. The average molecular weight is 250 g/mol. The van der Waals surface area contributed by atoms with Crippen LogP contribution in [0.3, 0.4) is 0 Å². The second-order valence-corrected chi connectivity index (χ2v) is 4.03. The van der Waals surface area contributed by atoms with Gasteiger partial charge in [-0.2, -0.15) is 0 Å². The van der Waals surface area contributed by atoms with Gasteiger partial charge < -0.3 is 5.11 Å². The molecular weight excluding hydrogens is 243 g/mol. The van der Waals surface area contributed by atoms with Crippen molar-refractivity contribution in [2.24, 2.45) is 0 Å². The second-order valence-electron chi connectivity index (χ2n) is 3.05. The first-order chi connectivity index (χ1) is 8.18. The van der Waals surface area contributed by atoms with Gasteiger partial charge in [-0.05, 0) is 36.0 Å². The number of hydrogen-bond donors (Lipinski definition) is 1. The van der Waals surface area contributed by atoms with Crippen LogP contribution in [0.4, 0.5) is 4.39 Å². The van der Waals surface area contributed by atoms with E-state index in [4.69, 9.17) is 5.11 Å². The summed E-state index contributed by atoms with van der Waals surface area (Å²) >= 11 is 0.891. The van der Waals surface area contributed by atoms with Crippen LogP contribution >= 0.6 is 11.8 Å². The topological polar surface area (TPSA) is 63.1 Å². The summed E-state index contributed by atoms with van der Waals surface area (Å²) in [4.78, 5) is 18.7. The van der Waals surface area contributed by atoms with E-state index in [-0.39, 0.29) is 15.6 Å². The molecule has 0 spiro atoms. The molecule has 0 aromatic carbocycles. The first kappa shape index (κ1) is 11.5. The molecule has 2 aromatic heterocycles. The van der Waals surface area contributed by atoms with Crippen LogP contribution in [0, 0.1) is 5.82 Å². The summed E-state index contributed by atoms with van der Waals surface area (Å²) in [5.41, 5.74) is 0.0301. The highest BCUT2D eigenvalue weighted by Crippen LogP contribution is 2.28. The maximum Gasteiger partial charge on any atom is 0.338 e. The van der Waals surface area contributed by atoms with Gasteiger partial charge in [0.1, 0.15) is 10.1 Å². The van der Waals surface area contributed by atoms with Crippen molar-refractivity contribution < 1.29 is 14.3 Å². The van der Waals surface area contributed by atoms with Crippen molar-refractivity contribution in [2.75, 3.05) is 0 Å². The molecule has 2 rings (SSSR count). The minimum Gasteiger partial charge on any atom is -0.478 e. The quantitative estimate of drug-likeness (QED) is 0.906. The van der Waals surface area contributed by atoms with Gasteiger partial charge in [-0.3, -0.25) is 0 Å². The fraction of sp³-hybridized carbons (Fsp3) is 0. The van der Waals surface area contributed by atoms with E-state index in [0.717, 1.165) is 11.8 Å². The van der Waals surface area contributed by atoms with E-state index < -0.39 is 11.8 Å². The summed E-state index contributed by atoms with van der Waals surface area (Å²) in [6.45, 7) is 0. The number of rotatable bonds is 3. The number of halogens is 1. The molecule has 2 heterocycles. The van der Waals surface area contributed by atoms with Crippen LogP contribution in [0.2, 0.25) is 0 Å². The predicted octanol–water partition coefficient (Wildman–Crippen LogP) is 2.47. The second kappa shape index (κ2) is 4.92. The summed E-state index contributed by atoms with van der Waals surface area (Å²) in [5.74, 6) is -1.60. The maximum absolute atomic E-state index is 13.3. The molecule has 0 aliphatic carbocycles. The molecular formula is C11H7FN2O2S. The number of aromatic nitrogens is 2. The lowest BCUT2D eigenvalue weighted by atomic mass is 10.3.